The maximum Gasteiger partial charge on any atom is 0.139 e. The van der Waals surface area contributed by atoms with Gasteiger partial charge in [-0.3, -0.25) is 5.01 Å². The van der Waals surface area contributed by atoms with Crippen LogP contribution in [0.15, 0.2) is 10.1 Å². The lowest BCUT2D eigenvalue weighted by molar-refractivity contribution is 0.312. The van der Waals surface area contributed by atoms with Crippen LogP contribution in [0.3, 0.4) is 0 Å². The van der Waals surface area contributed by atoms with E-state index in [9.17, 15) is 0 Å². The fourth-order valence-corrected chi connectivity index (χ4v) is 0.782. The monoisotopic (exact) mass is 124 g/mol. The van der Waals surface area contributed by atoms with Gasteiger partial charge in [-0.1, -0.05) is 0 Å². The Balaban J connectivity index is 1.98. The molecule has 0 aromatic heterocycles. The third-order valence-electron chi connectivity index (χ3n) is 1.43. The molecular formula is C5H8N4. The Kier molecular flexibility index (Phi) is 0.913. The van der Waals surface area contributed by atoms with Crippen LogP contribution >= 0.6 is 0 Å². The highest BCUT2D eigenvalue weighted by molar-refractivity contribution is 5.72. The number of hydrazine groups is 1. The third-order valence-corrected chi connectivity index (χ3v) is 1.43. The van der Waals surface area contributed by atoms with Crippen molar-refractivity contribution in [2.24, 2.45) is 10.1 Å². The van der Waals surface area contributed by atoms with Gasteiger partial charge >= 0.3 is 0 Å². The van der Waals surface area contributed by atoms with Gasteiger partial charge in [-0.25, -0.2) is 10.5 Å². The quantitative estimate of drug-likeness (QED) is 0.532. The Morgan fingerprint density at radius 2 is 2.44 bits per heavy atom. The second-order valence-corrected chi connectivity index (χ2v) is 2.25. The summed E-state index contributed by atoms with van der Waals surface area (Å²) in [7, 11) is 0. The molecule has 0 aromatic rings. The van der Waals surface area contributed by atoms with Gasteiger partial charge in [0.25, 0.3) is 0 Å². The van der Waals surface area contributed by atoms with Crippen molar-refractivity contribution in [1.82, 2.24) is 10.5 Å². The molecule has 1 aliphatic heterocycles. The second-order valence-electron chi connectivity index (χ2n) is 2.25. The fraction of sp³-hybridized carbons (Fsp3) is 0.600. The smallest absolute Gasteiger partial charge is 0.139 e. The van der Waals surface area contributed by atoms with E-state index >= 15 is 0 Å². The molecule has 0 aromatic carbocycles. The molecule has 0 unspecified atom stereocenters. The largest absolute Gasteiger partial charge is 0.258 e. The minimum Gasteiger partial charge on any atom is -0.258 e. The van der Waals surface area contributed by atoms with Gasteiger partial charge in [0.05, 0.1) is 6.04 Å². The van der Waals surface area contributed by atoms with Gasteiger partial charge in [-0.2, -0.15) is 0 Å². The highest BCUT2D eigenvalue weighted by Crippen LogP contribution is 2.24. The van der Waals surface area contributed by atoms with Crippen LogP contribution in [-0.4, -0.2) is 23.7 Å². The van der Waals surface area contributed by atoms with Crippen molar-refractivity contribution in [1.29, 1.82) is 0 Å². The van der Waals surface area contributed by atoms with Gasteiger partial charge < -0.3 is 0 Å². The van der Waals surface area contributed by atoms with Crippen LogP contribution in [-0.2, 0) is 0 Å². The molecular weight excluding hydrogens is 116 g/mol. The van der Waals surface area contributed by atoms with E-state index in [1.165, 1.54) is 19.2 Å². The van der Waals surface area contributed by atoms with Crippen LogP contribution in [0, 0.1) is 0 Å². The molecule has 0 radical (unpaired) electrons. The molecule has 0 spiro atoms. The second kappa shape index (κ2) is 1.72. The topological polar surface area (TPSA) is 40.0 Å². The molecule has 0 saturated heterocycles. The summed E-state index contributed by atoms with van der Waals surface area (Å²) >= 11 is 0. The summed E-state index contributed by atoms with van der Waals surface area (Å²) in [5, 5.41) is 5.70. The van der Waals surface area contributed by atoms with Crippen molar-refractivity contribution in [3.05, 3.63) is 0 Å². The first-order chi connectivity index (χ1) is 4.47. The predicted octanol–water partition coefficient (Wildman–Crippen LogP) is -0.0594. The van der Waals surface area contributed by atoms with E-state index in [1.54, 1.807) is 6.34 Å². The first-order valence-electron chi connectivity index (χ1n) is 3.05. The van der Waals surface area contributed by atoms with Crippen molar-refractivity contribution in [3.63, 3.8) is 0 Å². The molecule has 9 heavy (non-hydrogen) atoms. The fourth-order valence-electron chi connectivity index (χ4n) is 0.782. The van der Waals surface area contributed by atoms with E-state index in [0.717, 1.165) is 0 Å². The number of hydrogen-bond donors (Lipinski definition) is 1. The van der Waals surface area contributed by atoms with E-state index in [1.807, 2.05) is 5.01 Å². The van der Waals surface area contributed by atoms with Crippen molar-refractivity contribution in [2.75, 3.05) is 0 Å². The Hall–Kier alpha value is -1.06. The average Bonchev–Trinajstić information content (AvgIpc) is 2.71. The van der Waals surface area contributed by atoms with E-state index in [-0.39, 0.29) is 0 Å². The SMILES string of the molecule is C1=NC=NNN1C1CC1. The average molecular weight is 124 g/mol. The Labute approximate surface area is 53.2 Å². The van der Waals surface area contributed by atoms with Gasteiger partial charge in [0.2, 0.25) is 0 Å². The first-order valence-corrected chi connectivity index (χ1v) is 3.05. The maximum absolute atomic E-state index is 3.87. The molecule has 0 atom stereocenters. The van der Waals surface area contributed by atoms with Gasteiger partial charge in [-0.15, -0.1) is 5.10 Å². The summed E-state index contributed by atoms with van der Waals surface area (Å²) in [6.45, 7) is 0. The van der Waals surface area contributed by atoms with Crippen LogP contribution in [0.1, 0.15) is 12.8 Å². The Bertz CT molecular complexity index is 158. The van der Waals surface area contributed by atoms with Gasteiger partial charge in [0.1, 0.15) is 12.7 Å². The zero-order valence-electron chi connectivity index (χ0n) is 4.99. The lowest BCUT2D eigenvalue weighted by Crippen LogP contribution is -2.36. The highest BCUT2D eigenvalue weighted by atomic mass is 15.7. The Morgan fingerprint density at radius 3 is 3.00 bits per heavy atom. The highest BCUT2D eigenvalue weighted by Gasteiger charge is 2.27. The molecule has 2 aliphatic rings. The third kappa shape index (κ3) is 0.872. The van der Waals surface area contributed by atoms with Gasteiger partial charge in [0.15, 0.2) is 0 Å². The van der Waals surface area contributed by atoms with E-state index in [2.05, 4.69) is 15.6 Å². The number of aliphatic imine (C=N–C) groups is 1. The molecule has 2 rings (SSSR count). The molecule has 4 heteroatoms. The molecule has 1 N–H and O–H groups in total. The van der Waals surface area contributed by atoms with Gasteiger partial charge in [-0.05, 0) is 12.8 Å². The summed E-state index contributed by atoms with van der Waals surface area (Å²) in [6, 6.07) is 0.645. The number of hydrogen-bond acceptors (Lipinski definition) is 4. The standard InChI is InChI=1S/C5H8N4/c1-2-5(1)9-4-6-3-7-8-9/h3-5,8H,1-2H2. The van der Waals surface area contributed by atoms with Gasteiger partial charge in [0, 0.05) is 0 Å². The molecule has 1 aliphatic carbocycles. The van der Waals surface area contributed by atoms with Crippen LogP contribution in [0.2, 0.25) is 0 Å². The summed E-state index contributed by atoms with van der Waals surface area (Å²) in [6.07, 6.45) is 5.78. The van der Waals surface area contributed by atoms with Crippen LogP contribution < -0.4 is 5.53 Å². The van der Waals surface area contributed by atoms with E-state index < -0.39 is 0 Å². The molecule has 1 fully saturated rings. The molecule has 1 heterocycles. The maximum atomic E-state index is 3.87. The summed E-state index contributed by atoms with van der Waals surface area (Å²) in [5.41, 5.74) is 2.83. The number of nitrogens with zero attached hydrogens (tertiary/aromatic N) is 3. The minimum atomic E-state index is 0.645. The molecule has 48 valence electrons. The van der Waals surface area contributed by atoms with Crippen molar-refractivity contribution < 1.29 is 0 Å². The normalized spacial score (nSPS) is 24.2. The molecule has 0 bridgehead atoms. The Morgan fingerprint density at radius 1 is 1.56 bits per heavy atom. The molecule has 0 amide bonds. The zero-order valence-corrected chi connectivity index (χ0v) is 4.99. The minimum absolute atomic E-state index is 0.645. The summed E-state index contributed by atoms with van der Waals surface area (Å²) in [5.74, 6) is 0. The van der Waals surface area contributed by atoms with Crippen LogP contribution in [0.25, 0.3) is 0 Å². The van der Waals surface area contributed by atoms with Crippen molar-refractivity contribution >= 4 is 12.7 Å². The molecule has 1 saturated carbocycles. The van der Waals surface area contributed by atoms with Crippen LogP contribution in [0.4, 0.5) is 0 Å². The number of nitrogens with one attached hydrogen (secondary N) is 1. The number of hydrazone groups is 1. The zero-order chi connectivity index (χ0) is 6.10. The summed E-state index contributed by atoms with van der Waals surface area (Å²) in [4.78, 5) is 3.87. The van der Waals surface area contributed by atoms with Crippen molar-refractivity contribution in [2.45, 2.75) is 18.9 Å². The van der Waals surface area contributed by atoms with E-state index in [4.69, 9.17) is 0 Å². The lowest BCUT2D eigenvalue weighted by atomic mass is 10.7. The van der Waals surface area contributed by atoms with E-state index in [0.29, 0.717) is 6.04 Å². The molecule has 4 nitrogen and oxygen atoms in total. The van der Waals surface area contributed by atoms with Crippen LogP contribution in [0.5, 0.6) is 0 Å². The predicted molar refractivity (Wildman–Crippen MR) is 35.0 cm³/mol. The van der Waals surface area contributed by atoms with Crippen molar-refractivity contribution in [3.8, 4) is 0 Å². The first kappa shape index (κ1) is 4.78. The summed E-state index contributed by atoms with van der Waals surface area (Å²) < 4.78 is 0. The number of rotatable bonds is 1. The lowest BCUT2D eigenvalue weighted by Gasteiger charge is -2.18.